The van der Waals surface area contributed by atoms with Gasteiger partial charge in [-0.05, 0) is 42.7 Å². The van der Waals surface area contributed by atoms with Gasteiger partial charge in [-0.2, -0.15) is 0 Å². The van der Waals surface area contributed by atoms with Gasteiger partial charge >= 0.3 is 18.1 Å². The zero-order valence-corrected chi connectivity index (χ0v) is 21.2. The Balaban J connectivity index is 1.14. The van der Waals surface area contributed by atoms with Crippen molar-refractivity contribution in [1.29, 1.82) is 0 Å². The van der Waals surface area contributed by atoms with Crippen molar-refractivity contribution in [3.8, 4) is 11.5 Å². The summed E-state index contributed by atoms with van der Waals surface area (Å²) in [6.07, 6.45) is 0.101. The summed E-state index contributed by atoms with van der Waals surface area (Å²) in [6.45, 7) is 2.44. The summed E-state index contributed by atoms with van der Waals surface area (Å²) in [5.74, 6) is 0.363. The Morgan fingerprint density at radius 2 is 1.58 bits per heavy atom. The first kappa shape index (κ1) is 25.5. The highest BCUT2D eigenvalue weighted by Crippen LogP contribution is 2.26. The molecule has 38 heavy (non-hydrogen) atoms. The van der Waals surface area contributed by atoms with Gasteiger partial charge in [0.1, 0.15) is 17.5 Å². The van der Waals surface area contributed by atoms with E-state index in [-0.39, 0.29) is 25.0 Å². The lowest BCUT2D eigenvalue weighted by atomic mass is 9.97. The van der Waals surface area contributed by atoms with Crippen LogP contribution >= 0.6 is 0 Å². The van der Waals surface area contributed by atoms with Gasteiger partial charge in [-0.25, -0.2) is 9.59 Å². The zero-order chi connectivity index (χ0) is 26.6. The minimum Gasteiger partial charge on any atom is -0.469 e. The van der Waals surface area contributed by atoms with Gasteiger partial charge in [0.2, 0.25) is 0 Å². The van der Waals surface area contributed by atoms with Crippen molar-refractivity contribution in [3.05, 3.63) is 60.2 Å². The number of rotatable bonds is 6. The number of amides is 4. The first-order valence-corrected chi connectivity index (χ1v) is 12.7. The largest absolute Gasteiger partial charge is 0.469 e. The number of hydroxylamine groups is 2. The SMILES string of the molecule is COC(=O)C1CCN(C(=O)ON2C(=O)C3CN(Cc4ccc(Oc5ccccc5)cc4)CCN3C2=O)CC1. The van der Waals surface area contributed by atoms with Crippen molar-refractivity contribution in [3.63, 3.8) is 0 Å². The van der Waals surface area contributed by atoms with Crippen molar-refractivity contribution in [2.24, 2.45) is 5.92 Å². The first-order valence-electron chi connectivity index (χ1n) is 12.7. The van der Waals surface area contributed by atoms with Gasteiger partial charge in [0.25, 0.3) is 5.91 Å². The van der Waals surface area contributed by atoms with E-state index < -0.39 is 24.1 Å². The average molecular weight is 523 g/mol. The highest BCUT2D eigenvalue weighted by molar-refractivity contribution is 6.04. The van der Waals surface area contributed by atoms with E-state index in [0.717, 1.165) is 17.1 Å². The Bertz CT molecular complexity index is 1180. The predicted octanol–water partition coefficient (Wildman–Crippen LogP) is 2.86. The Hall–Kier alpha value is -4.12. The molecule has 3 aliphatic rings. The number of benzene rings is 2. The lowest BCUT2D eigenvalue weighted by molar-refractivity contribution is -0.153. The molecule has 1 atom stereocenters. The molecule has 0 spiro atoms. The molecular formula is C27H30N4O7. The second-order valence-electron chi connectivity index (χ2n) is 9.56. The van der Waals surface area contributed by atoms with Crippen LogP contribution in [0.1, 0.15) is 18.4 Å². The van der Waals surface area contributed by atoms with E-state index in [9.17, 15) is 19.2 Å². The molecular weight excluding hydrogens is 492 g/mol. The Morgan fingerprint density at radius 1 is 0.895 bits per heavy atom. The molecule has 0 bridgehead atoms. The number of esters is 1. The number of carbonyl (C=O) groups excluding carboxylic acids is 4. The summed E-state index contributed by atoms with van der Waals surface area (Å²) in [6, 6.07) is 15.9. The van der Waals surface area contributed by atoms with Crippen LogP contribution in [-0.2, 0) is 25.7 Å². The molecule has 2 aromatic rings. The van der Waals surface area contributed by atoms with Crippen LogP contribution in [0.15, 0.2) is 54.6 Å². The van der Waals surface area contributed by atoms with E-state index in [1.807, 2.05) is 54.6 Å². The lowest BCUT2D eigenvalue weighted by Gasteiger charge is -2.35. The normalized spacial score (nSPS) is 20.3. The number of piperazine rings is 1. The van der Waals surface area contributed by atoms with Gasteiger partial charge in [-0.15, -0.1) is 0 Å². The zero-order valence-electron chi connectivity index (χ0n) is 21.2. The van der Waals surface area contributed by atoms with E-state index in [0.29, 0.717) is 44.1 Å². The number of para-hydroxylation sites is 1. The smallest absolute Gasteiger partial charge is 0.434 e. The molecule has 11 heteroatoms. The van der Waals surface area contributed by atoms with Crippen molar-refractivity contribution >= 4 is 24.0 Å². The molecule has 2 aromatic carbocycles. The third-order valence-electron chi connectivity index (χ3n) is 7.13. The summed E-state index contributed by atoms with van der Waals surface area (Å²) in [5, 5.41) is 0.582. The quantitative estimate of drug-likeness (QED) is 0.421. The van der Waals surface area contributed by atoms with Crippen LogP contribution in [0.25, 0.3) is 0 Å². The van der Waals surface area contributed by atoms with Gasteiger partial charge in [-0.1, -0.05) is 35.4 Å². The molecule has 200 valence electrons. The number of fused-ring (bicyclic) bond motifs is 1. The summed E-state index contributed by atoms with van der Waals surface area (Å²) >= 11 is 0. The molecule has 3 aliphatic heterocycles. The van der Waals surface area contributed by atoms with Crippen LogP contribution in [0.3, 0.4) is 0 Å². The fourth-order valence-electron chi connectivity index (χ4n) is 5.00. The summed E-state index contributed by atoms with van der Waals surface area (Å²) in [7, 11) is 1.33. The van der Waals surface area contributed by atoms with E-state index in [4.69, 9.17) is 14.3 Å². The molecule has 4 amide bonds. The molecule has 3 heterocycles. The van der Waals surface area contributed by atoms with Gasteiger partial charge in [0.05, 0.1) is 13.0 Å². The fraction of sp³-hybridized carbons (Fsp3) is 0.407. The number of hydrogen-bond donors (Lipinski definition) is 0. The first-order chi connectivity index (χ1) is 18.4. The molecule has 0 aliphatic carbocycles. The van der Waals surface area contributed by atoms with Crippen LogP contribution in [-0.4, -0.2) is 89.6 Å². The van der Waals surface area contributed by atoms with Crippen LogP contribution in [0.5, 0.6) is 11.5 Å². The highest BCUT2D eigenvalue weighted by atomic mass is 16.7. The Morgan fingerprint density at radius 3 is 2.26 bits per heavy atom. The number of methoxy groups -OCH3 is 1. The van der Waals surface area contributed by atoms with Crippen molar-refractivity contribution < 1.29 is 33.5 Å². The number of urea groups is 1. The number of hydrogen-bond acceptors (Lipinski definition) is 8. The second-order valence-corrected chi connectivity index (χ2v) is 9.56. The monoisotopic (exact) mass is 522 g/mol. The maximum absolute atomic E-state index is 13.0. The molecule has 0 N–H and O–H groups in total. The maximum Gasteiger partial charge on any atom is 0.434 e. The van der Waals surface area contributed by atoms with Crippen LogP contribution < -0.4 is 4.74 Å². The third kappa shape index (κ3) is 5.42. The van der Waals surface area contributed by atoms with E-state index in [1.54, 1.807) is 0 Å². The molecule has 5 rings (SSSR count). The number of ether oxygens (including phenoxy) is 2. The van der Waals surface area contributed by atoms with Gasteiger partial charge < -0.3 is 24.1 Å². The van der Waals surface area contributed by atoms with Crippen molar-refractivity contribution in [2.45, 2.75) is 25.4 Å². The van der Waals surface area contributed by atoms with Crippen molar-refractivity contribution in [2.75, 3.05) is 39.8 Å². The summed E-state index contributed by atoms with van der Waals surface area (Å²) in [5.41, 5.74) is 1.05. The Kier molecular flexibility index (Phi) is 7.45. The second kappa shape index (κ2) is 11.1. The Labute approximate surface area is 220 Å². The number of likely N-dealkylation sites (tertiary alicyclic amines) is 1. The number of carbonyl (C=O) groups is 4. The predicted molar refractivity (Wildman–Crippen MR) is 134 cm³/mol. The standard InChI is InChI=1S/C27H30N4O7/c1-36-25(33)20-11-13-29(14-12-20)27(35)38-31-24(32)23-18-28(15-16-30(23)26(31)34)17-19-7-9-22(10-8-19)37-21-5-3-2-4-6-21/h2-10,20,23H,11-18H2,1H3. The molecule has 1 unspecified atom stereocenters. The van der Waals surface area contributed by atoms with Crippen LogP contribution in [0, 0.1) is 5.92 Å². The molecule has 3 saturated heterocycles. The van der Waals surface area contributed by atoms with Gasteiger partial charge in [0, 0.05) is 39.3 Å². The van der Waals surface area contributed by atoms with E-state index in [2.05, 4.69) is 4.90 Å². The summed E-state index contributed by atoms with van der Waals surface area (Å²) < 4.78 is 10.6. The summed E-state index contributed by atoms with van der Waals surface area (Å²) in [4.78, 5) is 60.4. The lowest BCUT2D eigenvalue weighted by Crippen LogP contribution is -2.52. The van der Waals surface area contributed by atoms with Gasteiger partial charge in [0.15, 0.2) is 0 Å². The fourth-order valence-corrected chi connectivity index (χ4v) is 5.00. The topological polar surface area (TPSA) is 109 Å². The van der Waals surface area contributed by atoms with Gasteiger partial charge in [-0.3, -0.25) is 14.5 Å². The molecule has 11 nitrogen and oxygen atoms in total. The minimum atomic E-state index is -0.774. The number of nitrogens with zero attached hydrogens (tertiary/aromatic N) is 4. The molecule has 0 saturated carbocycles. The molecule has 0 radical (unpaired) electrons. The van der Waals surface area contributed by atoms with Crippen LogP contribution in [0.2, 0.25) is 0 Å². The molecule has 3 fully saturated rings. The minimum absolute atomic E-state index is 0.272. The van der Waals surface area contributed by atoms with Crippen molar-refractivity contribution in [1.82, 2.24) is 19.8 Å². The number of piperidine rings is 1. The third-order valence-corrected chi connectivity index (χ3v) is 7.13. The average Bonchev–Trinajstić information content (AvgIpc) is 3.18. The number of imide groups is 1. The highest BCUT2D eigenvalue weighted by Gasteiger charge is 2.50. The van der Waals surface area contributed by atoms with E-state index >= 15 is 0 Å². The molecule has 0 aromatic heterocycles. The van der Waals surface area contributed by atoms with Crippen LogP contribution in [0.4, 0.5) is 9.59 Å². The van der Waals surface area contributed by atoms with E-state index in [1.165, 1.54) is 16.9 Å². The maximum atomic E-state index is 13.0.